The van der Waals surface area contributed by atoms with Crippen molar-refractivity contribution in [1.29, 1.82) is 0 Å². The predicted octanol–water partition coefficient (Wildman–Crippen LogP) is 3.08. The molecule has 0 aliphatic heterocycles. The zero-order valence-corrected chi connectivity index (χ0v) is 10.9. The monoisotopic (exact) mass is 291 g/mol. The Labute approximate surface area is 109 Å². The normalized spacial score (nSPS) is 10.2. The Morgan fingerprint density at radius 2 is 2.18 bits per heavy atom. The Hall–Kier alpha value is -1.55. The molecule has 0 fully saturated rings. The second-order valence-corrected chi connectivity index (χ2v) is 4.69. The lowest BCUT2D eigenvalue weighted by Gasteiger charge is -2.09. The first-order chi connectivity index (χ1) is 8.25. The molecule has 0 aliphatic rings. The van der Waals surface area contributed by atoms with Gasteiger partial charge in [-0.1, -0.05) is 22.0 Å². The highest BCUT2D eigenvalue weighted by Gasteiger charge is 1.99. The van der Waals surface area contributed by atoms with Gasteiger partial charge in [-0.2, -0.15) is 0 Å². The molecule has 0 spiro atoms. The third-order valence-corrected chi connectivity index (χ3v) is 2.96. The van der Waals surface area contributed by atoms with Crippen LogP contribution >= 0.6 is 15.9 Å². The van der Waals surface area contributed by atoms with E-state index in [4.69, 9.17) is 5.73 Å². The van der Waals surface area contributed by atoms with Crippen LogP contribution in [0, 0.1) is 0 Å². The maximum absolute atomic E-state index is 5.87. The van der Waals surface area contributed by atoms with Crippen molar-refractivity contribution < 1.29 is 0 Å². The second kappa shape index (κ2) is 5.68. The molecule has 4 heteroatoms. The fourth-order valence-electron chi connectivity index (χ4n) is 1.57. The summed E-state index contributed by atoms with van der Waals surface area (Å²) >= 11 is 3.43. The van der Waals surface area contributed by atoms with Gasteiger partial charge in [0.1, 0.15) is 0 Å². The van der Waals surface area contributed by atoms with Crippen LogP contribution in [-0.4, -0.2) is 11.5 Å². The van der Waals surface area contributed by atoms with E-state index in [0.29, 0.717) is 0 Å². The highest BCUT2D eigenvalue weighted by Crippen LogP contribution is 2.23. The smallest absolute Gasteiger partial charge is 0.0585 e. The largest absolute Gasteiger partial charge is 0.397 e. The van der Waals surface area contributed by atoms with E-state index in [1.807, 2.05) is 30.5 Å². The molecule has 1 aromatic carbocycles. The van der Waals surface area contributed by atoms with Gasteiger partial charge >= 0.3 is 0 Å². The molecular weight excluding hydrogens is 278 g/mol. The van der Waals surface area contributed by atoms with Crippen molar-refractivity contribution in [1.82, 2.24) is 4.98 Å². The number of nitrogens with one attached hydrogen (secondary N) is 1. The fraction of sp³-hybridized carbons (Fsp3) is 0.154. The third-order valence-electron chi connectivity index (χ3n) is 2.47. The maximum Gasteiger partial charge on any atom is 0.0585 e. The lowest BCUT2D eigenvalue weighted by Crippen LogP contribution is -2.06. The Morgan fingerprint density at radius 1 is 1.29 bits per heavy atom. The zero-order valence-electron chi connectivity index (χ0n) is 9.36. The van der Waals surface area contributed by atoms with Crippen molar-refractivity contribution in [2.45, 2.75) is 6.42 Å². The van der Waals surface area contributed by atoms with Crippen LogP contribution in [0.15, 0.2) is 47.2 Å². The number of hydrogen-bond acceptors (Lipinski definition) is 3. The van der Waals surface area contributed by atoms with Crippen molar-refractivity contribution in [3.05, 3.63) is 52.8 Å². The molecule has 2 aromatic rings. The first-order valence-electron chi connectivity index (χ1n) is 5.43. The summed E-state index contributed by atoms with van der Waals surface area (Å²) in [5, 5.41) is 3.32. The number of nitrogen functional groups attached to an aromatic ring is 1. The summed E-state index contributed by atoms with van der Waals surface area (Å²) in [6.45, 7) is 0.840. The molecule has 2 rings (SSSR count). The van der Waals surface area contributed by atoms with Crippen molar-refractivity contribution in [3.63, 3.8) is 0 Å². The van der Waals surface area contributed by atoms with Crippen molar-refractivity contribution in [3.8, 4) is 0 Å². The number of anilines is 2. The summed E-state index contributed by atoms with van der Waals surface area (Å²) in [6, 6.07) is 9.82. The number of hydrogen-bond donors (Lipinski definition) is 2. The fourth-order valence-corrected chi connectivity index (χ4v) is 1.93. The van der Waals surface area contributed by atoms with Gasteiger partial charge in [0.25, 0.3) is 0 Å². The zero-order chi connectivity index (χ0) is 12.1. The van der Waals surface area contributed by atoms with Crippen LogP contribution < -0.4 is 11.1 Å². The molecule has 1 heterocycles. The minimum atomic E-state index is 0.763. The van der Waals surface area contributed by atoms with E-state index in [1.54, 1.807) is 6.20 Å². The molecule has 0 atom stereocenters. The maximum atomic E-state index is 5.87. The Bertz CT molecular complexity index is 485. The first-order valence-corrected chi connectivity index (χ1v) is 6.23. The van der Waals surface area contributed by atoms with E-state index < -0.39 is 0 Å². The Kier molecular flexibility index (Phi) is 3.98. The summed E-state index contributed by atoms with van der Waals surface area (Å²) in [4.78, 5) is 4.08. The van der Waals surface area contributed by atoms with Crippen LogP contribution in [0.4, 0.5) is 11.4 Å². The van der Waals surface area contributed by atoms with Crippen LogP contribution in [-0.2, 0) is 6.42 Å². The van der Waals surface area contributed by atoms with Gasteiger partial charge in [-0.3, -0.25) is 4.98 Å². The summed E-state index contributed by atoms with van der Waals surface area (Å²) in [7, 11) is 0. The van der Waals surface area contributed by atoms with E-state index in [-0.39, 0.29) is 0 Å². The molecule has 0 saturated heterocycles. The molecule has 0 saturated carbocycles. The SMILES string of the molecule is Nc1ccc(Br)cc1NCCc1cccnc1. The minimum absolute atomic E-state index is 0.763. The highest BCUT2D eigenvalue weighted by molar-refractivity contribution is 9.10. The van der Waals surface area contributed by atoms with Gasteiger partial charge in [-0.25, -0.2) is 0 Å². The van der Waals surface area contributed by atoms with E-state index in [9.17, 15) is 0 Å². The average molecular weight is 292 g/mol. The van der Waals surface area contributed by atoms with Crippen LogP contribution in [0.25, 0.3) is 0 Å². The number of rotatable bonds is 4. The topological polar surface area (TPSA) is 50.9 Å². The lowest BCUT2D eigenvalue weighted by molar-refractivity contribution is 1.01. The van der Waals surface area contributed by atoms with Gasteiger partial charge in [-0.15, -0.1) is 0 Å². The van der Waals surface area contributed by atoms with E-state index in [0.717, 1.165) is 28.8 Å². The van der Waals surface area contributed by atoms with Gasteiger partial charge in [0, 0.05) is 23.4 Å². The molecule has 88 valence electrons. The lowest BCUT2D eigenvalue weighted by atomic mass is 10.2. The van der Waals surface area contributed by atoms with Crippen LogP contribution in [0.2, 0.25) is 0 Å². The van der Waals surface area contributed by atoms with Gasteiger partial charge in [0.15, 0.2) is 0 Å². The van der Waals surface area contributed by atoms with Gasteiger partial charge in [-0.05, 0) is 36.2 Å². The molecule has 0 unspecified atom stereocenters. The van der Waals surface area contributed by atoms with E-state index in [2.05, 4.69) is 32.3 Å². The molecule has 0 aliphatic carbocycles. The van der Waals surface area contributed by atoms with E-state index >= 15 is 0 Å². The van der Waals surface area contributed by atoms with Gasteiger partial charge < -0.3 is 11.1 Å². The number of pyridine rings is 1. The summed E-state index contributed by atoms with van der Waals surface area (Å²) in [5.74, 6) is 0. The van der Waals surface area contributed by atoms with Gasteiger partial charge in [0.2, 0.25) is 0 Å². The number of halogens is 1. The van der Waals surface area contributed by atoms with Crippen LogP contribution in [0.1, 0.15) is 5.56 Å². The Balaban J connectivity index is 1.92. The van der Waals surface area contributed by atoms with Crippen molar-refractivity contribution in [2.24, 2.45) is 0 Å². The van der Waals surface area contributed by atoms with Crippen LogP contribution in [0.3, 0.4) is 0 Å². The standard InChI is InChI=1S/C13H14BrN3/c14-11-3-4-12(15)13(8-11)17-7-5-10-2-1-6-16-9-10/h1-4,6,8-9,17H,5,7,15H2. The molecular formula is C13H14BrN3. The highest BCUT2D eigenvalue weighted by atomic mass is 79.9. The minimum Gasteiger partial charge on any atom is -0.397 e. The number of aromatic nitrogens is 1. The molecule has 3 nitrogen and oxygen atoms in total. The molecule has 0 bridgehead atoms. The summed E-state index contributed by atoms with van der Waals surface area (Å²) in [6.07, 6.45) is 4.59. The molecule has 1 aromatic heterocycles. The van der Waals surface area contributed by atoms with Crippen LogP contribution in [0.5, 0.6) is 0 Å². The third kappa shape index (κ3) is 3.46. The quantitative estimate of drug-likeness (QED) is 0.851. The Morgan fingerprint density at radius 3 is 2.94 bits per heavy atom. The average Bonchev–Trinajstić information content (AvgIpc) is 2.35. The molecule has 17 heavy (non-hydrogen) atoms. The summed E-state index contributed by atoms with van der Waals surface area (Å²) in [5.41, 5.74) is 8.81. The number of benzene rings is 1. The molecule has 0 amide bonds. The van der Waals surface area contributed by atoms with Gasteiger partial charge in [0.05, 0.1) is 11.4 Å². The predicted molar refractivity (Wildman–Crippen MR) is 75.0 cm³/mol. The molecule has 0 radical (unpaired) electrons. The second-order valence-electron chi connectivity index (χ2n) is 3.77. The van der Waals surface area contributed by atoms with E-state index in [1.165, 1.54) is 5.56 Å². The molecule has 3 N–H and O–H groups in total. The van der Waals surface area contributed by atoms with Crippen molar-refractivity contribution >= 4 is 27.3 Å². The number of nitrogens with two attached hydrogens (primary N) is 1. The van der Waals surface area contributed by atoms with Crippen molar-refractivity contribution in [2.75, 3.05) is 17.6 Å². The first kappa shape index (κ1) is 11.9. The number of nitrogens with zero attached hydrogens (tertiary/aromatic N) is 1. The summed E-state index contributed by atoms with van der Waals surface area (Å²) < 4.78 is 1.02.